The maximum Gasteiger partial charge on any atom is 0.409 e. The molecule has 1 N–H and O–H groups in total. The number of aromatic amines is 1. The lowest BCUT2D eigenvalue weighted by Gasteiger charge is -1.95. The second-order valence-corrected chi connectivity index (χ2v) is 3.19. The molecule has 78 valence electrons. The molecule has 15 heavy (non-hydrogen) atoms. The van der Waals surface area contributed by atoms with E-state index in [-0.39, 0.29) is 6.08 Å². The van der Waals surface area contributed by atoms with Gasteiger partial charge in [0.25, 0.3) is 0 Å². The molecule has 0 saturated carbocycles. The molecular weight excluding hydrogens is 203 g/mol. The molecule has 0 aliphatic carbocycles. The molecule has 2 rings (SSSR count). The number of H-pyrrole nitrogens is 1. The highest BCUT2D eigenvalue weighted by Crippen LogP contribution is 2.20. The maximum atomic E-state index is 11.9. The van der Waals surface area contributed by atoms with Crippen molar-refractivity contribution < 1.29 is 13.2 Å². The zero-order valence-corrected chi connectivity index (χ0v) is 7.68. The monoisotopic (exact) mass is 211 g/mol. The largest absolute Gasteiger partial charge is 0.409 e. The Labute approximate surface area is 84.2 Å². The Morgan fingerprint density at radius 2 is 1.87 bits per heavy atom. The first-order valence-corrected chi connectivity index (χ1v) is 4.38. The Bertz CT molecular complexity index is 461. The fourth-order valence-corrected chi connectivity index (χ4v) is 1.37. The summed E-state index contributed by atoms with van der Waals surface area (Å²) in [5.41, 5.74) is 1.29. The third-order valence-electron chi connectivity index (χ3n) is 2.00. The molecule has 0 unspecified atom stereocenters. The van der Waals surface area contributed by atoms with Crippen molar-refractivity contribution in [3.05, 3.63) is 42.1 Å². The molecule has 2 aromatic rings. The third-order valence-corrected chi connectivity index (χ3v) is 2.00. The van der Waals surface area contributed by atoms with Gasteiger partial charge in [0.2, 0.25) is 0 Å². The third kappa shape index (κ3) is 2.40. The summed E-state index contributed by atoms with van der Waals surface area (Å²) in [5.74, 6) is 0. The van der Waals surface area contributed by atoms with Gasteiger partial charge in [-0.3, -0.25) is 0 Å². The molecule has 0 bridgehead atoms. The molecule has 1 nitrogen and oxygen atoms in total. The second kappa shape index (κ2) is 3.46. The number of fused-ring (bicyclic) bond motifs is 1. The summed E-state index contributed by atoms with van der Waals surface area (Å²) in [7, 11) is 0. The summed E-state index contributed by atoms with van der Waals surface area (Å²) in [6, 6.07) is 9.01. The van der Waals surface area contributed by atoms with Crippen molar-refractivity contribution in [3.8, 4) is 0 Å². The molecule has 0 aliphatic rings. The van der Waals surface area contributed by atoms with E-state index in [9.17, 15) is 13.2 Å². The van der Waals surface area contributed by atoms with E-state index < -0.39 is 6.18 Å². The van der Waals surface area contributed by atoms with Gasteiger partial charge in [-0.05, 0) is 23.6 Å². The summed E-state index contributed by atoms with van der Waals surface area (Å²) in [6.07, 6.45) is -3.02. The van der Waals surface area contributed by atoms with Gasteiger partial charge in [-0.15, -0.1) is 0 Å². The molecule has 1 heterocycles. The van der Waals surface area contributed by atoms with Gasteiger partial charge in [-0.2, -0.15) is 13.2 Å². The highest BCUT2D eigenvalue weighted by molar-refractivity contribution is 5.82. The van der Waals surface area contributed by atoms with Crippen molar-refractivity contribution in [2.24, 2.45) is 0 Å². The van der Waals surface area contributed by atoms with Crippen molar-refractivity contribution in [2.45, 2.75) is 6.18 Å². The highest BCUT2D eigenvalue weighted by atomic mass is 19.4. The number of hydrogen-bond donors (Lipinski definition) is 1. The number of rotatable bonds is 1. The lowest BCUT2D eigenvalue weighted by molar-refractivity contribution is -0.0790. The molecular formula is C11H8F3N. The van der Waals surface area contributed by atoms with E-state index in [4.69, 9.17) is 0 Å². The molecule has 0 spiro atoms. The van der Waals surface area contributed by atoms with Gasteiger partial charge >= 0.3 is 6.18 Å². The van der Waals surface area contributed by atoms with E-state index in [1.807, 2.05) is 24.3 Å². The molecule has 0 amide bonds. The highest BCUT2D eigenvalue weighted by Gasteiger charge is 2.21. The minimum atomic E-state index is -4.27. The smallest absolute Gasteiger partial charge is 0.355 e. The number of aromatic nitrogens is 1. The predicted octanol–water partition coefficient (Wildman–Crippen LogP) is 3.74. The molecule has 0 saturated heterocycles. The first-order chi connectivity index (χ1) is 7.04. The van der Waals surface area contributed by atoms with Crippen LogP contribution in [0, 0.1) is 0 Å². The number of halogens is 3. The van der Waals surface area contributed by atoms with E-state index in [1.165, 1.54) is 0 Å². The number of alkyl halides is 3. The van der Waals surface area contributed by atoms with Crippen LogP contribution in [0.25, 0.3) is 17.0 Å². The van der Waals surface area contributed by atoms with Crippen LogP contribution in [0.1, 0.15) is 5.69 Å². The molecule has 1 aromatic heterocycles. The van der Waals surface area contributed by atoms with Crippen molar-refractivity contribution in [3.63, 3.8) is 0 Å². The summed E-state index contributed by atoms with van der Waals surface area (Å²) in [4.78, 5) is 2.88. The van der Waals surface area contributed by atoms with Crippen molar-refractivity contribution >= 4 is 17.0 Å². The first-order valence-electron chi connectivity index (χ1n) is 4.38. The number of allylic oxidation sites excluding steroid dienone is 1. The van der Waals surface area contributed by atoms with Gasteiger partial charge in [0.15, 0.2) is 0 Å². The van der Waals surface area contributed by atoms with Crippen LogP contribution in [0.3, 0.4) is 0 Å². The normalized spacial score (nSPS) is 12.7. The van der Waals surface area contributed by atoms with Crippen molar-refractivity contribution in [2.75, 3.05) is 0 Å². The van der Waals surface area contributed by atoms with Crippen LogP contribution in [-0.4, -0.2) is 11.2 Å². The quantitative estimate of drug-likeness (QED) is 0.739. The van der Waals surface area contributed by atoms with Gasteiger partial charge in [0, 0.05) is 17.3 Å². The first kappa shape index (κ1) is 9.83. The Kier molecular flexibility index (Phi) is 2.26. The fraction of sp³-hybridized carbons (Fsp3) is 0.0909. The molecule has 0 radical (unpaired) electrons. The van der Waals surface area contributed by atoms with E-state index in [2.05, 4.69) is 4.98 Å². The SMILES string of the molecule is FC(F)(F)/C=C/c1cc2ccccc2[nH]1. The van der Waals surface area contributed by atoms with Crippen LogP contribution in [0.4, 0.5) is 13.2 Å². The Balaban J connectivity index is 2.34. The van der Waals surface area contributed by atoms with Crippen molar-refractivity contribution in [1.29, 1.82) is 0 Å². The maximum absolute atomic E-state index is 11.9. The standard InChI is InChI=1S/C11H8F3N/c12-11(13,14)6-5-9-7-8-3-1-2-4-10(8)15-9/h1-7,15H/b6-5+. The summed E-state index contributed by atoms with van der Waals surface area (Å²) in [5, 5.41) is 0.902. The minimum Gasteiger partial charge on any atom is -0.355 e. The molecule has 4 heteroatoms. The number of para-hydroxylation sites is 1. The van der Waals surface area contributed by atoms with Crippen LogP contribution in [-0.2, 0) is 0 Å². The van der Waals surface area contributed by atoms with E-state index in [1.54, 1.807) is 6.07 Å². The molecule has 0 aliphatic heterocycles. The van der Waals surface area contributed by atoms with E-state index in [0.29, 0.717) is 5.69 Å². The van der Waals surface area contributed by atoms with Gasteiger partial charge in [0.05, 0.1) is 0 Å². The second-order valence-electron chi connectivity index (χ2n) is 3.19. The summed E-state index contributed by atoms with van der Waals surface area (Å²) in [6.45, 7) is 0. The average Bonchev–Trinajstić information content (AvgIpc) is 2.56. The minimum absolute atomic E-state index is 0.220. The van der Waals surface area contributed by atoms with Crippen LogP contribution < -0.4 is 0 Å². The van der Waals surface area contributed by atoms with Crippen LogP contribution in [0.2, 0.25) is 0 Å². The zero-order valence-electron chi connectivity index (χ0n) is 7.68. The fourth-order valence-electron chi connectivity index (χ4n) is 1.37. The Hall–Kier alpha value is -1.71. The lowest BCUT2D eigenvalue weighted by atomic mass is 10.2. The Morgan fingerprint density at radius 1 is 1.13 bits per heavy atom. The van der Waals surface area contributed by atoms with E-state index in [0.717, 1.165) is 17.0 Å². The average molecular weight is 211 g/mol. The van der Waals surface area contributed by atoms with Crippen molar-refractivity contribution in [1.82, 2.24) is 4.98 Å². The topological polar surface area (TPSA) is 15.8 Å². The van der Waals surface area contributed by atoms with Gasteiger partial charge in [-0.25, -0.2) is 0 Å². The van der Waals surface area contributed by atoms with Crippen LogP contribution >= 0.6 is 0 Å². The van der Waals surface area contributed by atoms with Crippen LogP contribution in [0.5, 0.6) is 0 Å². The lowest BCUT2D eigenvalue weighted by Crippen LogP contribution is -2.00. The van der Waals surface area contributed by atoms with Gasteiger partial charge in [0.1, 0.15) is 0 Å². The number of hydrogen-bond acceptors (Lipinski definition) is 0. The molecule has 0 fully saturated rings. The van der Waals surface area contributed by atoms with Gasteiger partial charge < -0.3 is 4.98 Å². The zero-order chi connectivity index (χ0) is 10.9. The van der Waals surface area contributed by atoms with E-state index >= 15 is 0 Å². The summed E-state index contributed by atoms with van der Waals surface area (Å²) < 4.78 is 35.7. The summed E-state index contributed by atoms with van der Waals surface area (Å²) >= 11 is 0. The number of benzene rings is 1. The number of nitrogens with one attached hydrogen (secondary N) is 1. The molecule has 1 aromatic carbocycles. The predicted molar refractivity (Wildman–Crippen MR) is 53.4 cm³/mol. The van der Waals surface area contributed by atoms with Crippen LogP contribution in [0.15, 0.2) is 36.4 Å². The van der Waals surface area contributed by atoms with Gasteiger partial charge in [-0.1, -0.05) is 18.2 Å². The molecule has 0 atom stereocenters. The Morgan fingerprint density at radius 3 is 2.53 bits per heavy atom.